The van der Waals surface area contributed by atoms with Crippen LogP contribution in [0.15, 0.2) is 241 Å². The average Bonchev–Trinajstić information content (AvgIpc) is 3.72. The molecule has 0 saturated carbocycles. The lowest BCUT2D eigenvalue weighted by Crippen LogP contribution is -2.10. The molecule has 11 aromatic rings. The van der Waals surface area contributed by atoms with Gasteiger partial charge in [0, 0.05) is 27.8 Å². The van der Waals surface area contributed by atoms with Gasteiger partial charge in [-0.15, -0.1) is 0 Å². The summed E-state index contributed by atoms with van der Waals surface area (Å²) in [6.45, 7) is 0. The lowest BCUT2D eigenvalue weighted by atomic mass is 9.97. The van der Waals surface area contributed by atoms with E-state index in [1.807, 2.05) is 12.1 Å². The first-order valence-corrected chi connectivity index (χ1v) is 20.5. The molecule has 0 aliphatic rings. The van der Waals surface area contributed by atoms with E-state index in [1.165, 1.54) is 55.3 Å². The number of anilines is 3. The molecular weight excluding hydrogens is 727 g/mol. The van der Waals surface area contributed by atoms with Gasteiger partial charge in [-0.05, 0) is 121 Å². The quantitative estimate of drug-likeness (QED) is 0.153. The Morgan fingerprint density at radius 2 is 0.667 bits per heavy atom. The molecule has 282 valence electrons. The van der Waals surface area contributed by atoms with Gasteiger partial charge in [0.15, 0.2) is 0 Å². The fourth-order valence-corrected chi connectivity index (χ4v) is 8.57. The molecule has 2 heteroatoms. The number of benzene rings is 10. The van der Waals surface area contributed by atoms with E-state index >= 15 is 0 Å². The maximum atomic E-state index is 6.24. The Bertz CT molecular complexity index is 3260. The fraction of sp³-hybridized carbons (Fsp3) is 0. The zero-order chi connectivity index (χ0) is 39.8. The van der Waals surface area contributed by atoms with Gasteiger partial charge in [-0.3, -0.25) is 0 Å². The van der Waals surface area contributed by atoms with E-state index in [0.29, 0.717) is 0 Å². The van der Waals surface area contributed by atoms with Gasteiger partial charge in [0.05, 0.1) is 0 Å². The molecule has 1 heterocycles. The molecule has 0 amide bonds. The number of para-hydroxylation sites is 1. The van der Waals surface area contributed by atoms with E-state index in [9.17, 15) is 0 Å². The average molecular weight is 766 g/mol. The van der Waals surface area contributed by atoms with Gasteiger partial charge in [-0.25, -0.2) is 0 Å². The van der Waals surface area contributed by atoms with Crippen molar-refractivity contribution in [2.45, 2.75) is 0 Å². The Labute approximate surface area is 349 Å². The highest BCUT2D eigenvalue weighted by atomic mass is 16.3. The zero-order valence-corrected chi connectivity index (χ0v) is 32.9. The van der Waals surface area contributed by atoms with Crippen molar-refractivity contribution in [1.29, 1.82) is 0 Å². The predicted molar refractivity (Wildman–Crippen MR) is 253 cm³/mol. The van der Waals surface area contributed by atoms with Crippen LogP contribution in [0, 0.1) is 0 Å². The van der Waals surface area contributed by atoms with Crippen LogP contribution in [0.3, 0.4) is 0 Å². The Kier molecular flexibility index (Phi) is 8.87. The lowest BCUT2D eigenvalue weighted by Gasteiger charge is -2.26. The Morgan fingerprint density at radius 1 is 0.250 bits per heavy atom. The van der Waals surface area contributed by atoms with Gasteiger partial charge in [0.1, 0.15) is 11.2 Å². The van der Waals surface area contributed by atoms with Crippen LogP contribution in [0.5, 0.6) is 0 Å². The van der Waals surface area contributed by atoms with E-state index in [2.05, 4.69) is 229 Å². The smallest absolute Gasteiger partial charge is 0.136 e. The molecule has 0 aliphatic heterocycles. The highest BCUT2D eigenvalue weighted by Gasteiger charge is 2.16. The first-order valence-electron chi connectivity index (χ1n) is 20.5. The normalized spacial score (nSPS) is 11.3. The molecule has 10 aromatic carbocycles. The van der Waals surface area contributed by atoms with Crippen molar-refractivity contribution in [2.24, 2.45) is 0 Å². The second-order valence-corrected chi connectivity index (χ2v) is 15.3. The molecular formula is C58H39NO. The third kappa shape index (κ3) is 6.61. The third-order valence-corrected chi connectivity index (χ3v) is 11.7. The highest BCUT2D eigenvalue weighted by molar-refractivity contribution is 6.19. The van der Waals surface area contributed by atoms with Crippen LogP contribution in [0.4, 0.5) is 17.1 Å². The summed E-state index contributed by atoms with van der Waals surface area (Å²) in [5.41, 5.74) is 17.0. The van der Waals surface area contributed by atoms with Crippen molar-refractivity contribution in [3.63, 3.8) is 0 Å². The van der Waals surface area contributed by atoms with Crippen molar-refractivity contribution < 1.29 is 4.42 Å². The molecule has 0 fully saturated rings. The molecule has 0 atom stereocenters. The second-order valence-electron chi connectivity index (χ2n) is 15.3. The van der Waals surface area contributed by atoms with Crippen molar-refractivity contribution >= 4 is 49.8 Å². The van der Waals surface area contributed by atoms with Gasteiger partial charge in [0.25, 0.3) is 0 Å². The Morgan fingerprint density at radius 3 is 1.23 bits per heavy atom. The fourth-order valence-electron chi connectivity index (χ4n) is 8.57. The van der Waals surface area contributed by atoms with Gasteiger partial charge < -0.3 is 9.32 Å². The summed E-state index contributed by atoms with van der Waals surface area (Å²) in [6.07, 6.45) is 0. The van der Waals surface area contributed by atoms with Crippen molar-refractivity contribution in [2.75, 3.05) is 4.90 Å². The molecule has 0 saturated heterocycles. The molecule has 0 aliphatic carbocycles. The van der Waals surface area contributed by atoms with Crippen LogP contribution < -0.4 is 4.90 Å². The van der Waals surface area contributed by atoms with Crippen molar-refractivity contribution in [3.05, 3.63) is 237 Å². The summed E-state index contributed by atoms with van der Waals surface area (Å²) in [6, 6.07) is 84.9. The number of hydrogen-bond acceptors (Lipinski definition) is 2. The lowest BCUT2D eigenvalue weighted by molar-refractivity contribution is 0.669. The first kappa shape index (κ1) is 35.2. The number of rotatable bonds is 8. The second kappa shape index (κ2) is 15.1. The van der Waals surface area contributed by atoms with Gasteiger partial charge in [-0.1, -0.05) is 182 Å². The zero-order valence-electron chi connectivity index (χ0n) is 32.9. The highest BCUT2D eigenvalue weighted by Crippen LogP contribution is 2.40. The minimum atomic E-state index is 0.913. The number of fused-ring (bicyclic) bond motifs is 5. The summed E-state index contributed by atoms with van der Waals surface area (Å²) in [5, 5.41) is 4.71. The topological polar surface area (TPSA) is 16.4 Å². The first-order chi connectivity index (χ1) is 29.7. The molecule has 2 nitrogen and oxygen atoms in total. The van der Waals surface area contributed by atoms with Gasteiger partial charge >= 0.3 is 0 Å². The Hall–Kier alpha value is -7.94. The van der Waals surface area contributed by atoms with Crippen molar-refractivity contribution in [3.8, 4) is 55.6 Å². The monoisotopic (exact) mass is 765 g/mol. The van der Waals surface area contributed by atoms with Crippen LogP contribution in [0.25, 0.3) is 88.3 Å². The Balaban J connectivity index is 0.960. The summed E-state index contributed by atoms with van der Waals surface area (Å²) >= 11 is 0. The summed E-state index contributed by atoms with van der Waals surface area (Å²) in [5.74, 6) is 0. The van der Waals surface area contributed by atoms with Crippen LogP contribution in [0.1, 0.15) is 0 Å². The largest absolute Gasteiger partial charge is 0.456 e. The minimum absolute atomic E-state index is 0.913. The van der Waals surface area contributed by atoms with Gasteiger partial charge in [-0.2, -0.15) is 0 Å². The molecule has 60 heavy (non-hydrogen) atoms. The molecule has 0 N–H and O–H groups in total. The maximum absolute atomic E-state index is 6.24. The van der Waals surface area contributed by atoms with Crippen molar-refractivity contribution in [1.82, 2.24) is 0 Å². The maximum Gasteiger partial charge on any atom is 0.136 e. The number of nitrogens with zero attached hydrogens (tertiary/aromatic N) is 1. The summed E-state index contributed by atoms with van der Waals surface area (Å²) in [4.78, 5) is 2.36. The number of hydrogen-bond donors (Lipinski definition) is 0. The van der Waals surface area contributed by atoms with E-state index in [4.69, 9.17) is 4.42 Å². The predicted octanol–water partition coefficient (Wildman–Crippen LogP) is 16.5. The van der Waals surface area contributed by atoms with Crippen LogP contribution >= 0.6 is 0 Å². The molecule has 0 spiro atoms. The minimum Gasteiger partial charge on any atom is -0.456 e. The summed E-state index contributed by atoms with van der Waals surface area (Å²) < 4.78 is 6.24. The van der Waals surface area contributed by atoms with E-state index in [-0.39, 0.29) is 0 Å². The molecule has 0 radical (unpaired) electrons. The third-order valence-electron chi connectivity index (χ3n) is 11.7. The standard InChI is InChI=1S/C58H39NO/c1-3-10-40(11-4-1)42-18-20-44(21-19-42)45-28-33-51(34-29-45)59(53-15-9-14-49(38-53)46-24-22-43(23-25-46)41-12-5-2-6-13-41)52-35-30-47(31-36-52)50-27-26-48-32-37-57-58(55(48)39-50)54-16-7-8-17-56(54)60-57/h1-39H. The summed E-state index contributed by atoms with van der Waals surface area (Å²) in [7, 11) is 0. The molecule has 11 rings (SSSR count). The number of furan rings is 1. The van der Waals surface area contributed by atoms with Crippen LogP contribution in [-0.4, -0.2) is 0 Å². The van der Waals surface area contributed by atoms with E-state index in [0.717, 1.165) is 50.1 Å². The molecule has 0 unspecified atom stereocenters. The van der Waals surface area contributed by atoms with Crippen LogP contribution in [0.2, 0.25) is 0 Å². The van der Waals surface area contributed by atoms with Crippen LogP contribution in [-0.2, 0) is 0 Å². The van der Waals surface area contributed by atoms with E-state index in [1.54, 1.807) is 0 Å². The van der Waals surface area contributed by atoms with E-state index < -0.39 is 0 Å². The molecule has 1 aromatic heterocycles. The van der Waals surface area contributed by atoms with Gasteiger partial charge in [0.2, 0.25) is 0 Å². The SMILES string of the molecule is c1ccc(-c2ccc(-c3ccc(N(c4ccc(-c5ccc6ccc7oc8ccccc8c7c6c5)cc4)c4cccc(-c5ccc(-c6ccccc6)cc5)c4)cc3)cc2)cc1. The molecule has 0 bridgehead atoms.